The highest BCUT2D eigenvalue weighted by atomic mass is 32.1. The van der Waals surface area contributed by atoms with Crippen molar-refractivity contribution in [2.75, 3.05) is 0 Å². The minimum absolute atomic E-state index is 0.136. The van der Waals surface area contributed by atoms with Crippen molar-refractivity contribution >= 4 is 17.0 Å². The lowest BCUT2D eigenvalue weighted by molar-refractivity contribution is 0.320. The average Bonchev–Trinajstić information content (AvgIpc) is 2.81. The highest BCUT2D eigenvalue weighted by Crippen LogP contribution is 2.22. The minimum atomic E-state index is -0.321. The van der Waals surface area contributed by atoms with Crippen LogP contribution in [0, 0.1) is 17.1 Å². The topological polar surface area (TPSA) is 69.3 Å². The molecule has 0 spiro atoms. The maximum Gasteiger partial charge on any atom is 0.215 e. The molecule has 0 saturated heterocycles. The molecule has 84 valence electrons. The van der Waals surface area contributed by atoms with Crippen molar-refractivity contribution in [3.63, 3.8) is 0 Å². The maximum atomic E-state index is 12.7. The summed E-state index contributed by atoms with van der Waals surface area (Å²) in [5.41, 5.74) is 1.22. The normalized spacial score (nSPS) is 11.2. The van der Waals surface area contributed by atoms with Crippen LogP contribution in [-0.2, 0) is 0 Å². The highest BCUT2D eigenvalue weighted by Gasteiger charge is 2.10. The molecule has 1 aromatic carbocycles. The lowest BCUT2D eigenvalue weighted by Gasteiger charge is -1.95. The second-order valence-corrected chi connectivity index (χ2v) is 3.96. The molecule has 0 saturated carbocycles. The minimum Gasteiger partial charge on any atom is -0.410 e. The van der Waals surface area contributed by atoms with E-state index in [0.29, 0.717) is 10.7 Å². The molecule has 17 heavy (non-hydrogen) atoms. The molecule has 0 aliphatic heterocycles. The van der Waals surface area contributed by atoms with Gasteiger partial charge in [-0.3, -0.25) is 0 Å². The molecule has 1 heterocycles. The van der Waals surface area contributed by atoms with Gasteiger partial charge in [0, 0.05) is 10.9 Å². The molecule has 4 nitrogen and oxygen atoms in total. The van der Waals surface area contributed by atoms with Gasteiger partial charge < -0.3 is 5.21 Å². The summed E-state index contributed by atoms with van der Waals surface area (Å²) in [6.07, 6.45) is 0. The number of aromatic nitrogens is 1. The molecule has 0 unspecified atom stereocenters. The van der Waals surface area contributed by atoms with E-state index in [-0.39, 0.29) is 11.5 Å². The third kappa shape index (κ3) is 2.29. The Bertz CT molecular complexity index is 598. The zero-order valence-electron chi connectivity index (χ0n) is 8.46. The molecule has 0 amide bonds. The van der Waals surface area contributed by atoms with Gasteiger partial charge in [0.2, 0.25) is 5.71 Å². The van der Waals surface area contributed by atoms with Gasteiger partial charge in [-0.2, -0.15) is 5.26 Å². The van der Waals surface area contributed by atoms with E-state index in [4.69, 9.17) is 10.5 Å². The first-order chi connectivity index (χ1) is 8.24. The van der Waals surface area contributed by atoms with Gasteiger partial charge in [-0.05, 0) is 24.3 Å². The van der Waals surface area contributed by atoms with E-state index in [1.165, 1.54) is 23.5 Å². The molecular formula is C11H6FN3OS. The summed E-state index contributed by atoms with van der Waals surface area (Å²) in [6, 6.07) is 7.58. The van der Waals surface area contributed by atoms with Gasteiger partial charge in [0.25, 0.3) is 0 Å². The van der Waals surface area contributed by atoms with Crippen LogP contribution in [0.1, 0.15) is 5.01 Å². The zero-order chi connectivity index (χ0) is 12.3. The Morgan fingerprint density at radius 2 is 2.12 bits per heavy atom. The number of oxime groups is 1. The quantitative estimate of drug-likeness (QED) is 0.504. The number of hydrogen-bond acceptors (Lipinski definition) is 5. The molecule has 0 aliphatic carbocycles. The second kappa shape index (κ2) is 4.72. The smallest absolute Gasteiger partial charge is 0.215 e. The third-order valence-corrected chi connectivity index (χ3v) is 2.90. The largest absolute Gasteiger partial charge is 0.410 e. The molecule has 0 fully saturated rings. The molecule has 0 aliphatic rings. The number of thiazole rings is 1. The standard InChI is InChI=1S/C11H6FN3OS/c12-8-3-1-7(2-4-8)10-6-17-11(14-10)9(5-13)15-16/h1-4,6,16H/b15-9-. The van der Waals surface area contributed by atoms with Crippen molar-refractivity contribution in [2.45, 2.75) is 0 Å². The lowest BCUT2D eigenvalue weighted by Crippen LogP contribution is -1.95. The van der Waals surface area contributed by atoms with E-state index in [0.717, 1.165) is 5.56 Å². The van der Waals surface area contributed by atoms with Crippen molar-refractivity contribution in [1.29, 1.82) is 5.26 Å². The maximum absolute atomic E-state index is 12.7. The molecule has 0 bridgehead atoms. The molecule has 0 radical (unpaired) electrons. The fourth-order valence-corrected chi connectivity index (χ4v) is 2.01. The summed E-state index contributed by atoms with van der Waals surface area (Å²) in [5.74, 6) is -0.321. The van der Waals surface area contributed by atoms with E-state index in [2.05, 4.69) is 10.1 Å². The fourth-order valence-electron chi connectivity index (χ4n) is 1.25. The van der Waals surface area contributed by atoms with Crippen LogP contribution in [-0.4, -0.2) is 15.9 Å². The van der Waals surface area contributed by atoms with Crippen LogP contribution in [0.5, 0.6) is 0 Å². The predicted octanol–water partition coefficient (Wildman–Crippen LogP) is 2.65. The number of nitriles is 1. The van der Waals surface area contributed by atoms with Crippen molar-refractivity contribution in [3.05, 3.63) is 40.5 Å². The van der Waals surface area contributed by atoms with Crippen LogP contribution < -0.4 is 0 Å². The van der Waals surface area contributed by atoms with Crippen LogP contribution in [0.3, 0.4) is 0 Å². The Kier molecular flexibility index (Phi) is 3.12. The number of halogens is 1. The first kappa shape index (κ1) is 11.2. The van der Waals surface area contributed by atoms with E-state index in [9.17, 15) is 4.39 Å². The summed E-state index contributed by atoms with van der Waals surface area (Å²) >= 11 is 1.19. The van der Waals surface area contributed by atoms with E-state index in [1.807, 2.05) is 0 Å². The number of hydrogen-bond donors (Lipinski definition) is 1. The summed E-state index contributed by atoms with van der Waals surface area (Å²) < 4.78 is 12.7. The van der Waals surface area contributed by atoms with Gasteiger partial charge in [0.1, 0.15) is 11.9 Å². The Balaban J connectivity index is 2.37. The zero-order valence-corrected chi connectivity index (χ0v) is 9.28. The van der Waals surface area contributed by atoms with Crippen LogP contribution in [0.2, 0.25) is 0 Å². The monoisotopic (exact) mass is 247 g/mol. The van der Waals surface area contributed by atoms with Gasteiger partial charge in [-0.15, -0.1) is 11.3 Å². The Morgan fingerprint density at radius 3 is 2.71 bits per heavy atom. The average molecular weight is 247 g/mol. The molecule has 6 heteroatoms. The van der Waals surface area contributed by atoms with Gasteiger partial charge in [-0.25, -0.2) is 9.37 Å². The third-order valence-electron chi connectivity index (χ3n) is 2.05. The Hall–Kier alpha value is -2.26. The molecule has 0 atom stereocenters. The van der Waals surface area contributed by atoms with Crippen molar-refractivity contribution in [1.82, 2.24) is 4.98 Å². The summed E-state index contributed by atoms with van der Waals surface area (Å²) in [4.78, 5) is 4.13. The number of nitrogens with zero attached hydrogens (tertiary/aromatic N) is 3. The highest BCUT2D eigenvalue weighted by molar-refractivity contribution is 7.12. The SMILES string of the molecule is N#C/C(=N/O)c1nc(-c2ccc(F)cc2)cs1. The van der Waals surface area contributed by atoms with Crippen LogP contribution >= 0.6 is 11.3 Å². The molecule has 1 aromatic heterocycles. The Morgan fingerprint density at radius 1 is 1.41 bits per heavy atom. The predicted molar refractivity (Wildman–Crippen MR) is 61.4 cm³/mol. The first-order valence-corrected chi connectivity index (χ1v) is 5.46. The number of benzene rings is 1. The molecule has 2 aromatic rings. The molecule has 1 N–H and O–H groups in total. The fraction of sp³-hybridized carbons (Fsp3) is 0. The van der Waals surface area contributed by atoms with E-state index < -0.39 is 0 Å². The number of rotatable bonds is 2. The van der Waals surface area contributed by atoms with E-state index >= 15 is 0 Å². The lowest BCUT2D eigenvalue weighted by atomic mass is 10.2. The second-order valence-electron chi connectivity index (χ2n) is 3.11. The van der Waals surface area contributed by atoms with Crippen molar-refractivity contribution in [2.24, 2.45) is 5.16 Å². The van der Waals surface area contributed by atoms with Gasteiger partial charge in [0.05, 0.1) is 5.69 Å². The van der Waals surface area contributed by atoms with Crippen molar-refractivity contribution in [3.8, 4) is 17.3 Å². The van der Waals surface area contributed by atoms with Crippen molar-refractivity contribution < 1.29 is 9.60 Å². The van der Waals surface area contributed by atoms with Crippen LogP contribution in [0.4, 0.5) is 4.39 Å². The first-order valence-electron chi connectivity index (χ1n) is 4.58. The molecular weight excluding hydrogens is 241 g/mol. The van der Waals surface area contributed by atoms with Crippen LogP contribution in [0.15, 0.2) is 34.8 Å². The molecule has 2 rings (SSSR count). The Labute approximate surface area is 100 Å². The van der Waals surface area contributed by atoms with Crippen LogP contribution in [0.25, 0.3) is 11.3 Å². The summed E-state index contributed by atoms with van der Waals surface area (Å²) in [5, 5.41) is 22.1. The summed E-state index contributed by atoms with van der Waals surface area (Å²) in [7, 11) is 0. The van der Waals surface area contributed by atoms with Gasteiger partial charge in [-0.1, -0.05) is 5.16 Å². The van der Waals surface area contributed by atoms with E-state index in [1.54, 1.807) is 23.6 Å². The van der Waals surface area contributed by atoms with Gasteiger partial charge in [0.15, 0.2) is 5.01 Å². The summed E-state index contributed by atoms with van der Waals surface area (Å²) in [6.45, 7) is 0. The van der Waals surface area contributed by atoms with Gasteiger partial charge >= 0.3 is 0 Å².